The van der Waals surface area contributed by atoms with Crippen LogP contribution in [-0.4, -0.2) is 4.98 Å². The molecule has 0 amide bonds. The fourth-order valence-corrected chi connectivity index (χ4v) is 2.39. The molecule has 0 spiro atoms. The van der Waals surface area contributed by atoms with Crippen molar-refractivity contribution in [2.75, 3.05) is 0 Å². The first kappa shape index (κ1) is 13.6. The van der Waals surface area contributed by atoms with E-state index in [1.54, 1.807) is 6.20 Å². The predicted molar refractivity (Wildman–Crippen MR) is 87.1 cm³/mol. The number of nitrogens with zero attached hydrogens (tertiary/aromatic N) is 1. The monoisotopic (exact) mass is 277 g/mol. The quantitative estimate of drug-likeness (QED) is 0.656. The highest BCUT2D eigenvalue weighted by Crippen LogP contribution is 2.30. The minimum absolute atomic E-state index is 0.854. The van der Waals surface area contributed by atoms with E-state index in [0.717, 1.165) is 28.8 Å². The summed E-state index contributed by atoms with van der Waals surface area (Å²) in [7, 11) is 0. The molecule has 0 radical (unpaired) electrons. The molecule has 2 heteroatoms. The number of aromatic nitrogens is 1. The van der Waals surface area contributed by atoms with Gasteiger partial charge in [-0.15, -0.1) is 0 Å². The zero-order valence-corrected chi connectivity index (χ0v) is 12.7. The van der Waals surface area contributed by atoms with Gasteiger partial charge in [0.2, 0.25) is 0 Å². The maximum Gasteiger partial charge on any atom is 0.138 e. The zero-order valence-electron chi connectivity index (χ0n) is 12.7. The van der Waals surface area contributed by atoms with Crippen LogP contribution in [0.2, 0.25) is 0 Å². The summed E-state index contributed by atoms with van der Waals surface area (Å²) >= 11 is 0. The van der Waals surface area contributed by atoms with E-state index < -0.39 is 0 Å². The zero-order chi connectivity index (χ0) is 14.8. The molecular formula is C19H19NO. The first-order chi connectivity index (χ1) is 10.2. The second kappa shape index (κ2) is 5.57. The summed E-state index contributed by atoms with van der Waals surface area (Å²) in [5.74, 6) is 1.71. The Bertz CT molecular complexity index is 775. The largest absolute Gasteiger partial charge is 0.457 e. The van der Waals surface area contributed by atoms with Gasteiger partial charge in [-0.3, -0.25) is 4.98 Å². The van der Waals surface area contributed by atoms with Crippen molar-refractivity contribution < 1.29 is 4.74 Å². The van der Waals surface area contributed by atoms with E-state index >= 15 is 0 Å². The molecule has 0 unspecified atom stereocenters. The Morgan fingerprint density at radius 1 is 0.952 bits per heavy atom. The lowest BCUT2D eigenvalue weighted by molar-refractivity contribution is 0.487. The lowest BCUT2D eigenvalue weighted by Gasteiger charge is -2.10. The van der Waals surface area contributed by atoms with Gasteiger partial charge < -0.3 is 4.74 Å². The Hall–Kier alpha value is -2.35. The average Bonchev–Trinajstić information content (AvgIpc) is 2.50. The molecule has 0 saturated carbocycles. The number of ether oxygens (including phenoxy) is 1. The summed E-state index contributed by atoms with van der Waals surface area (Å²) < 4.78 is 6.05. The lowest BCUT2D eigenvalue weighted by atomic mass is 10.1. The molecule has 0 aliphatic heterocycles. The van der Waals surface area contributed by atoms with Crippen molar-refractivity contribution in [1.29, 1.82) is 0 Å². The van der Waals surface area contributed by atoms with Crippen molar-refractivity contribution in [3.63, 3.8) is 0 Å². The maximum absolute atomic E-state index is 6.05. The SMILES string of the molecule is CCc1ccc(Oc2ccnc3cc(C)c(C)cc23)cc1. The Balaban J connectivity index is 2.01. The standard InChI is InChI=1S/C19H19NO/c1-4-15-5-7-16(8-6-15)21-19-9-10-20-18-12-14(3)13(2)11-17(18)19/h5-12H,4H2,1-3H3. The number of hydrogen-bond donors (Lipinski definition) is 0. The average molecular weight is 277 g/mol. The highest BCUT2D eigenvalue weighted by molar-refractivity contribution is 5.86. The highest BCUT2D eigenvalue weighted by atomic mass is 16.5. The molecule has 0 aliphatic carbocycles. The van der Waals surface area contributed by atoms with Crippen molar-refractivity contribution in [2.24, 2.45) is 0 Å². The van der Waals surface area contributed by atoms with Gasteiger partial charge in [-0.2, -0.15) is 0 Å². The molecule has 106 valence electrons. The van der Waals surface area contributed by atoms with Crippen LogP contribution in [0.1, 0.15) is 23.6 Å². The summed E-state index contributed by atoms with van der Waals surface area (Å²) in [5.41, 5.74) is 4.79. The van der Waals surface area contributed by atoms with E-state index in [-0.39, 0.29) is 0 Å². The fraction of sp³-hybridized carbons (Fsp3) is 0.211. The third-order valence-electron chi connectivity index (χ3n) is 3.88. The van der Waals surface area contributed by atoms with Crippen molar-refractivity contribution in [3.8, 4) is 11.5 Å². The summed E-state index contributed by atoms with van der Waals surface area (Å²) in [5, 5.41) is 1.06. The number of aryl methyl sites for hydroxylation is 3. The second-order valence-electron chi connectivity index (χ2n) is 5.36. The van der Waals surface area contributed by atoms with E-state index in [9.17, 15) is 0 Å². The van der Waals surface area contributed by atoms with Crippen molar-refractivity contribution in [3.05, 3.63) is 65.4 Å². The molecule has 2 aromatic carbocycles. The normalized spacial score (nSPS) is 10.8. The number of hydrogen-bond acceptors (Lipinski definition) is 2. The maximum atomic E-state index is 6.05. The van der Waals surface area contributed by atoms with E-state index in [4.69, 9.17) is 4.74 Å². The van der Waals surface area contributed by atoms with Crippen LogP contribution in [0, 0.1) is 13.8 Å². The number of fused-ring (bicyclic) bond motifs is 1. The fourth-order valence-electron chi connectivity index (χ4n) is 2.39. The Morgan fingerprint density at radius 3 is 2.38 bits per heavy atom. The third-order valence-corrected chi connectivity index (χ3v) is 3.88. The first-order valence-electron chi connectivity index (χ1n) is 7.30. The summed E-state index contributed by atoms with van der Waals surface area (Å²) in [6.45, 7) is 6.37. The van der Waals surface area contributed by atoms with Gasteiger partial charge in [-0.05, 0) is 67.3 Å². The highest BCUT2D eigenvalue weighted by Gasteiger charge is 2.06. The third kappa shape index (κ3) is 2.75. The number of benzene rings is 2. The van der Waals surface area contributed by atoms with Gasteiger partial charge in [0.15, 0.2) is 0 Å². The Morgan fingerprint density at radius 2 is 1.67 bits per heavy atom. The summed E-state index contributed by atoms with van der Waals surface area (Å²) in [6, 6.07) is 14.4. The number of rotatable bonds is 3. The van der Waals surface area contributed by atoms with Gasteiger partial charge in [0.25, 0.3) is 0 Å². The van der Waals surface area contributed by atoms with Crippen LogP contribution in [0.5, 0.6) is 11.5 Å². The van der Waals surface area contributed by atoms with Crippen LogP contribution in [-0.2, 0) is 6.42 Å². The number of pyridine rings is 1. The molecular weight excluding hydrogens is 258 g/mol. The molecule has 1 aromatic heterocycles. The Labute approximate surface area is 125 Å². The summed E-state index contributed by atoms with van der Waals surface area (Å²) in [4.78, 5) is 4.43. The molecule has 0 fully saturated rings. The molecule has 0 bridgehead atoms. The van der Waals surface area contributed by atoms with Crippen molar-refractivity contribution >= 4 is 10.9 Å². The molecule has 0 aliphatic rings. The minimum Gasteiger partial charge on any atom is -0.457 e. The van der Waals surface area contributed by atoms with Crippen molar-refractivity contribution in [1.82, 2.24) is 4.98 Å². The van der Waals surface area contributed by atoms with Crippen LogP contribution >= 0.6 is 0 Å². The second-order valence-corrected chi connectivity index (χ2v) is 5.36. The molecule has 0 N–H and O–H groups in total. The van der Waals surface area contributed by atoms with Gasteiger partial charge in [0.1, 0.15) is 11.5 Å². The van der Waals surface area contributed by atoms with E-state index in [1.807, 2.05) is 18.2 Å². The van der Waals surface area contributed by atoms with E-state index in [1.165, 1.54) is 16.7 Å². The molecule has 0 atom stereocenters. The van der Waals surface area contributed by atoms with E-state index in [0.29, 0.717) is 0 Å². The summed E-state index contributed by atoms with van der Waals surface area (Å²) in [6.07, 6.45) is 2.84. The Kier molecular flexibility index (Phi) is 3.61. The molecule has 3 aromatic rings. The van der Waals surface area contributed by atoms with Gasteiger partial charge in [-0.25, -0.2) is 0 Å². The minimum atomic E-state index is 0.854. The lowest BCUT2D eigenvalue weighted by Crippen LogP contribution is -1.90. The first-order valence-corrected chi connectivity index (χ1v) is 7.30. The van der Waals surface area contributed by atoms with Gasteiger partial charge in [-0.1, -0.05) is 19.1 Å². The van der Waals surface area contributed by atoms with Crippen LogP contribution in [0.4, 0.5) is 0 Å². The van der Waals surface area contributed by atoms with Gasteiger partial charge >= 0.3 is 0 Å². The van der Waals surface area contributed by atoms with Gasteiger partial charge in [0, 0.05) is 11.6 Å². The van der Waals surface area contributed by atoms with Crippen LogP contribution < -0.4 is 4.74 Å². The molecule has 0 saturated heterocycles. The van der Waals surface area contributed by atoms with Gasteiger partial charge in [0.05, 0.1) is 5.52 Å². The topological polar surface area (TPSA) is 22.1 Å². The molecule has 1 heterocycles. The molecule has 21 heavy (non-hydrogen) atoms. The van der Waals surface area contributed by atoms with Crippen LogP contribution in [0.15, 0.2) is 48.7 Å². The van der Waals surface area contributed by atoms with Crippen molar-refractivity contribution in [2.45, 2.75) is 27.2 Å². The van der Waals surface area contributed by atoms with Crippen LogP contribution in [0.3, 0.4) is 0 Å². The molecule has 2 nitrogen and oxygen atoms in total. The molecule has 3 rings (SSSR count). The van der Waals surface area contributed by atoms with E-state index in [2.05, 4.69) is 50.0 Å². The van der Waals surface area contributed by atoms with Crippen LogP contribution in [0.25, 0.3) is 10.9 Å². The predicted octanol–water partition coefficient (Wildman–Crippen LogP) is 5.21. The smallest absolute Gasteiger partial charge is 0.138 e.